The zero-order valence-corrected chi connectivity index (χ0v) is 10.6. The molecular formula is C12H22N2O. The Hall–Kier alpha value is -0.830. The van der Waals surface area contributed by atoms with E-state index < -0.39 is 5.60 Å². The van der Waals surface area contributed by atoms with Crippen LogP contribution in [0.4, 0.5) is 0 Å². The molecule has 0 saturated heterocycles. The molecule has 0 spiro atoms. The predicted molar refractivity (Wildman–Crippen MR) is 62.0 cm³/mol. The Morgan fingerprint density at radius 2 is 1.80 bits per heavy atom. The van der Waals surface area contributed by atoms with Crippen molar-refractivity contribution in [3.8, 4) is 0 Å². The van der Waals surface area contributed by atoms with E-state index >= 15 is 0 Å². The summed E-state index contributed by atoms with van der Waals surface area (Å²) in [4.78, 5) is 0. The molecule has 1 N–H and O–H groups in total. The second-order valence-electron chi connectivity index (χ2n) is 5.86. The standard InChI is InChI=1S/C12H22N2O/c1-9-10(11(2,3)4)7-13-14(9)8-12(5,6)15/h7,15H,8H2,1-6H3. The third-order valence-electron chi connectivity index (χ3n) is 2.45. The van der Waals surface area contributed by atoms with E-state index in [0.29, 0.717) is 6.54 Å². The van der Waals surface area contributed by atoms with Crippen molar-refractivity contribution in [2.45, 2.75) is 59.1 Å². The maximum absolute atomic E-state index is 9.75. The second kappa shape index (κ2) is 3.63. The number of hydrogen-bond acceptors (Lipinski definition) is 2. The molecule has 0 saturated carbocycles. The van der Waals surface area contributed by atoms with Crippen LogP contribution in [0.15, 0.2) is 6.20 Å². The van der Waals surface area contributed by atoms with E-state index in [1.54, 1.807) is 13.8 Å². The van der Waals surface area contributed by atoms with Gasteiger partial charge in [-0.25, -0.2) is 0 Å². The van der Waals surface area contributed by atoms with Crippen LogP contribution in [0.25, 0.3) is 0 Å². The number of hydrogen-bond donors (Lipinski definition) is 1. The molecule has 86 valence electrons. The molecule has 1 aromatic rings. The van der Waals surface area contributed by atoms with Gasteiger partial charge in [0.25, 0.3) is 0 Å². The van der Waals surface area contributed by atoms with Crippen LogP contribution in [-0.4, -0.2) is 20.5 Å². The van der Waals surface area contributed by atoms with E-state index in [1.807, 2.05) is 10.9 Å². The molecule has 0 aliphatic rings. The SMILES string of the molecule is Cc1c(C(C)(C)C)cnn1CC(C)(C)O. The highest BCUT2D eigenvalue weighted by molar-refractivity contribution is 5.24. The maximum atomic E-state index is 9.75. The first-order valence-corrected chi connectivity index (χ1v) is 5.36. The van der Waals surface area contributed by atoms with Crippen LogP contribution in [-0.2, 0) is 12.0 Å². The van der Waals surface area contributed by atoms with Crippen LogP contribution in [0.3, 0.4) is 0 Å². The molecule has 15 heavy (non-hydrogen) atoms. The summed E-state index contributed by atoms with van der Waals surface area (Å²) in [5, 5.41) is 14.1. The van der Waals surface area contributed by atoms with Gasteiger partial charge in [-0.05, 0) is 31.7 Å². The van der Waals surface area contributed by atoms with Crippen molar-refractivity contribution in [3.05, 3.63) is 17.5 Å². The normalized spacial score (nSPS) is 13.3. The van der Waals surface area contributed by atoms with Crippen LogP contribution >= 0.6 is 0 Å². The molecule has 0 aliphatic carbocycles. The molecule has 0 aromatic carbocycles. The Kier molecular flexibility index (Phi) is 2.97. The van der Waals surface area contributed by atoms with E-state index in [4.69, 9.17) is 0 Å². The molecule has 0 fully saturated rings. The van der Waals surface area contributed by atoms with E-state index in [0.717, 1.165) is 5.69 Å². The Morgan fingerprint density at radius 1 is 1.27 bits per heavy atom. The second-order valence-corrected chi connectivity index (χ2v) is 5.86. The van der Waals surface area contributed by atoms with Crippen LogP contribution in [0, 0.1) is 6.92 Å². The zero-order chi connectivity index (χ0) is 11.9. The Labute approximate surface area is 92.1 Å². The summed E-state index contributed by atoms with van der Waals surface area (Å²) in [5.74, 6) is 0. The smallest absolute Gasteiger partial charge is 0.0786 e. The average molecular weight is 210 g/mol. The summed E-state index contributed by atoms with van der Waals surface area (Å²) in [7, 11) is 0. The van der Waals surface area contributed by atoms with Gasteiger partial charge in [0, 0.05) is 5.69 Å². The number of rotatable bonds is 2. The van der Waals surface area contributed by atoms with Crippen molar-refractivity contribution >= 4 is 0 Å². The minimum absolute atomic E-state index is 0.113. The van der Waals surface area contributed by atoms with Gasteiger partial charge in [-0.1, -0.05) is 20.8 Å². The molecule has 0 atom stereocenters. The minimum atomic E-state index is -0.716. The number of aliphatic hydroxyl groups is 1. The van der Waals surface area contributed by atoms with Gasteiger partial charge in [0.05, 0.1) is 18.3 Å². The lowest BCUT2D eigenvalue weighted by atomic mass is 9.87. The summed E-state index contributed by atoms with van der Waals surface area (Å²) >= 11 is 0. The molecule has 3 heteroatoms. The van der Waals surface area contributed by atoms with E-state index in [2.05, 4.69) is 32.8 Å². The topological polar surface area (TPSA) is 38.0 Å². The Morgan fingerprint density at radius 3 is 2.13 bits per heavy atom. The van der Waals surface area contributed by atoms with Crippen molar-refractivity contribution in [2.24, 2.45) is 0 Å². The van der Waals surface area contributed by atoms with Gasteiger partial charge in [0.15, 0.2) is 0 Å². The van der Waals surface area contributed by atoms with Gasteiger partial charge in [-0.2, -0.15) is 5.10 Å². The molecule has 3 nitrogen and oxygen atoms in total. The summed E-state index contributed by atoms with van der Waals surface area (Å²) in [6.45, 7) is 12.7. The Bertz CT molecular complexity index is 339. The van der Waals surface area contributed by atoms with Crippen LogP contribution < -0.4 is 0 Å². The molecule has 0 unspecified atom stereocenters. The van der Waals surface area contributed by atoms with Crippen LogP contribution in [0.5, 0.6) is 0 Å². The van der Waals surface area contributed by atoms with Gasteiger partial charge >= 0.3 is 0 Å². The lowest BCUT2D eigenvalue weighted by Gasteiger charge is -2.21. The van der Waals surface area contributed by atoms with Crippen molar-refractivity contribution < 1.29 is 5.11 Å². The van der Waals surface area contributed by atoms with Crippen molar-refractivity contribution in [1.29, 1.82) is 0 Å². The van der Waals surface area contributed by atoms with E-state index in [1.165, 1.54) is 5.56 Å². The van der Waals surface area contributed by atoms with Crippen molar-refractivity contribution in [2.75, 3.05) is 0 Å². The highest BCUT2D eigenvalue weighted by Gasteiger charge is 2.22. The summed E-state index contributed by atoms with van der Waals surface area (Å²) < 4.78 is 1.88. The van der Waals surface area contributed by atoms with Gasteiger partial charge in [0.1, 0.15) is 0 Å². The van der Waals surface area contributed by atoms with E-state index in [-0.39, 0.29) is 5.41 Å². The van der Waals surface area contributed by atoms with E-state index in [9.17, 15) is 5.11 Å². The van der Waals surface area contributed by atoms with Crippen LogP contribution in [0.2, 0.25) is 0 Å². The lowest BCUT2D eigenvalue weighted by molar-refractivity contribution is 0.0570. The molecule has 1 aromatic heterocycles. The third-order valence-corrected chi connectivity index (χ3v) is 2.45. The minimum Gasteiger partial charge on any atom is -0.389 e. The van der Waals surface area contributed by atoms with Crippen LogP contribution in [0.1, 0.15) is 45.9 Å². The third kappa shape index (κ3) is 3.06. The van der Waals surface area contributed by atoms with Crippen molar-refractivity contribution in [1.82, 2.24) is 9.78 Å². The van der Waals surface area contributed by atoms with Gasteiger partial charge < -0.3 is 5.11 Å². The Balaban J connectivity index is 3.00. The first-order chi connectivity index (χ1) is 6.61. The lowest BCUT2D eigenvalue weighted by Crippen LogP contribution is -2.27. The quantitative estimate of drug-likeness (QED) is 0.813. The average Bonchev–Trinajstić information content (AvgIpc) is 2.27. The largest absolute Gasteiger partial charge is 0.389 e. The monoisotopic (exact) mass is 210 g/mol. The van der Waals surface area contributed by atoms with Gasteiger partial charge in [-0.3, -0.25) is 4.68 Å². The highest BCUT2D eigenvalue weighted by Crippen LogP contribution is 2.25. The first-order valence-electron chi connectivity index (χ1n) is 5.36. The molecule has 0 amide bonds. The fourth-order valence-electron chi connectivity index (χ4n) is 1.71. The zero-order valence-electron chi connectivity index (χ0n) is 10.6. The summed E-state index contributed by atoms with van der Waals surface area (Å²) in [5.41, 5.74) is 1.78. The summed E-state index contributed by atoms with van der Waals surface area (Å²) in [6, 6.07) is 0. The molecule has 1 heterocycles. The van der Waals surface area contributed by atoms with Gasteiger partial charge in [0.2, 0.25) is 0 Å². The van der Waals surface area contributed by atoms with Gasteiger partial charge in [-0.15, -0.1) is 0 Å². The highest BCUT2D eigenvalue weighted by atomic mass is 16.3. The number of nitrogens with zero attached hydrogens (tertiary/aromatic N) is 2. The molecule has 0 radical (unpaired) electrons. The molecule has 1 rings (SSSR count). The molecular weight excluding hydrogens is 188 g/mol. The fourth-order valence-corrected chi connectivity index (χ4v) is 1.71. The van der Waals surface area contributed by atoms with Crippen molar-refractivity contribution in [3.63, 3.8) is 0 Å². The fraction of sp³-hybridized carbons (Fsp3) is 0.750. The predicted octanol–water partition coefficient (Wildman–Crippen LogP) is 2.26. The molecule has 0 aliphatic heterocycles. The molecule has 0 bridgehead atoms. The summed E-state index contributed by atoms with van der Waals surface area (Å²) in [6.07, 6.45) is 1.90. The number of aromatic nitrogens is 2. The first kappa shape index (κ1) is 12.2. The maximum Gasteiger partial charge on any atom is 0.0786 e.